The number of carbonyl (C=O) groups excluding carboxylic acids is 1. The first-order valence-corrected chi connectivity index (χ1v) is 9.67. The summed E-state index contributed by atoms with van der Waals surface area (Å²) in [5.74, 6) is 1.94. The summed E-state index contributed by atoms with van der Waals surface area (Å²) in [6, 6.07) is 17.5. The minimum Gasteiger partial charge on any atom is -0.486 e. The highest BCUT2D eigenvalue weighted by atomic mass is 16.5. The highest BCUT2D eigenvalue weighted by Gasteiger charge is 2.14. The Morgan fingerprint density at radius 3 is 2.36 bits per heavy atom. The van der Waals surface area contributed by atoms with Crippen molar-refractivity contribution in [3.05, 3.63) is 82.8 Å². The molecule has 1 heterocycles. The fourth-order valence-electron chi connectivity index (χ4n) is 3.05. The van der Waals surface area contributed by atoms with Crippen molar-refractivity contribution in [2.45, 2.75) is 46.6 Å². The van der Waals surface area contributed by atoms with Gasteiger partial charge in [-0.1, -0.05) is 44.2 Å². The quantitative estimate of drug-likeness (QED) is 0.530. The van der Waals surface area contributed by atoms with Gasteiger partial charge in [-0.25, -0.2) is 0 Å². The van der Waals surface area contributed by atoms with Crippen LogP contribution in [-0.2, 0) is 6.61 Å². The predicted molar refractivity (Wildman–Crippen MR) is 112 cm³/mol. The maximum atomic E-state index is 12.5. The fourth-order valence-corrected chi connectivity index (χ4v) is 3.05. The topological polar surface area (TPSA) is 51.5 Å². The molecule has 28 heavy (non-hydrogen) atoms. The molecule has 3 aromatic rings. The standard InChI is InChI=1S/C24H27NO3/c1-5-16(2)19-9-11-20(12-10-19)27-15-21-13-14-22(28-21)24(26)25-23-17(3)7-6-8-18(23)4/h6-14,16H,5,15H2,1-4H3,(H,25,26). The summed E-state index contributed by atoms with van der Waals surface area (Å²) in [5, 5.41) is 2.93. The van der Waals surface area contributed by atoms with Gasteiger partial charge in [-0.2, -0.15) is 0 Å². The maximum absolute atomic E-state index is 12.5. The normalized spacial score (nSPS) is 11.9. The molecule has 0 radical (unpaired) electrons. The number of benzene rings is 2. The smallest absolute Gasteiger partial charge is 0.291 e. The van der Waals surface area contributed by atoms with E-state index in [0.717, 1.165) is 29.0 Å². The van der Waals surface area contributed by atoms with E-state index in [0.29, 0.717) is 11.7 Å². The van der Waals surface area contributed by atoms with Crippen LogP contribution >= 0.6 is 0 Å². The highest BCUT2D eigenvalue weighted by molar-refractivity contribution is 6.03. The van der Waals surface area contributed by atoms with Gasteiger partial charge in [0.1, 0.15) is 18.1 Å². The van der Waals surface area contributed by atoms with E-state index in [1.54, 1.807) is 12.1 Å². The first-order chi connectivity index (χ1) is 13.5. The van der Waals surface area contributed by atoms with Gasteiger partial charge in [-0.05, 0) is 67.1 Å². The summed E-state index contributed by atoms with van der Waals surface area (Å²) in [7, 11) is 0. The van der Waals surface area contributed by atoms with E-state index in [9.17, 15) is 4.79 Å². The number of rotatable bonds is 7. The molecule has 0 fully saturated rings. The molecule has 0 aliphatic carbocycles. The second-order valence-electron chi connectivity index (χ2n) is 7.15. The number of hydrogen-bond acceptors (Lipinski definition) is 3. The number of anilines is 1. The molecule has 146 valence electrons. The minimum absolute atomic E-state index is 0.262. The molecule has 4 heteroatoms. The zero-order valence-electron chi connectivity index (χ0n) is 16.9. The summed E-state index contributed by atoms with van der Waals surface area (Å²) >= 11 is 0. The van der Waals surface area contributed by atoms with E-state index in [2.05, 4.69) is 31.3 Å². The van der Waals surface area contributed by atoms with Gasteiger partial charge < -0.3 is 14.5 Å². The van der Waals surface area contributed by atoms with Crippen molar-refractivity contribution in [1.82, 2.24) is 0 Å². The summed E-state index contributed by atoms with van der Waals surface area (Å²) in [6.45, 7) is 8.61. The van der Waals surface area contributed by atoms with Crippen LogP contribution in [0.3, 0.4) is 0 Å². The molecular weight excluding hydrogens is 350 g/mol. The van der Waals surface area contributed by atoms with Gasteiger partial charge in [-0.3, -0.25) is 4.79 Å². The summed E-state index contributed by atoms with van der Waals surface area (Å²) in [6.07, 6.45) is 1.11. The van der Waals surface area contributed by atoms with Crippen molar-refractivity contribution in [2.75, 3.05) is 5.32 Å². The number of nitrogens with one attached hydrogen (secondary N) is 1. The number of amides is 1. The second-order valence-corrected chi connectivity index (χ2v) is 7.15. The Balaban J connectivity index is 1.60. The van der Waals surface area contributed by atoms with Crippen LogP contribution in [0.4, 0.5) is 5.69 Å². The first kappa shape index (κ1) is 19.7. The lowest BCUT2D eigenvalue weighted by Crippen LogP contribution is -2.13. The van der Waals surface area contributed by atoms with Gasteiger partial charge in [0.2, 0.25) is 0 Å². The SMILES string of the molecule is CCC(C)c1ccc(OCc2ccc(C(=O)Nc3c(C)cccc3C)o2)cc1. The monoisotopic (exact) mass is 377 g/mol. The van der Waals surface area contributed by atoms with Crippen LogP contribution in [-0.4, -0.2) is 5.91 Å². The zero-order chi connectivity index (χ0) is 20.1. The molecule has 0 saturated carbocycles. The molecule has 1 atom stereocenters. The van der Waals surface area contributed by atoms with Crippen LogP contribution in [0.2, 0.25) is 0 Å². The van der Waals surface area contributed by atoms with E-state index in [4.69, 9.17) is 9.15 Å². The van der Waals surface area contributed by atoms with Crippen LogP contribution in [0.15, 0.2) is 59.0 Å². The largest absolute Gasteiger partial charge is 0.486 e. The molecule has 2 aromatic carbocycles. The molecule has 0 spiro atoms. The van der Waals surface area contributed by atoms with E-state index < -0.39 is 0 Å². The van der Waals surface area contributed by atoms with Crippen molar-refractivity contribution < 1.29 is 13.9 Å². The van der Waals surface area contributed by atoms with Crippen molar-refractivity contribution in [2.24, 2.45) is 0 Å². The third-order valence-electron chi connectivity index (χ3n) is 5.05. The predicted octanol–water partition coefficient (Wildman–Crippen LogP) is 6.24. The molecular formula is C24H27NO3. The van der Waals surface area contributed by atoms with Crippen molar-refractivity contribution >= 4 is 11.6 Å². The first-order valence-electron chi connectivity index (χ1n) is 9.67. The minimum atomic E-state index is -0.262. The number of ether oxygens (including phenoxy) is 1. The van der Waals surface area contributed by atoms with Crippen molar-refractivity contribution in [3.8, 4) is 5.75 Å². The third kappa shape index (κ3) is 4.63. The lowest BCUT2D eigenvalue weighted by molar-refractivity contribution is 0.0992. The van der Waals surface area contributed by atoms with Crippen molar-refractivity contribution in [3.63, 3.8) is 0 Å². The molecule has 0 aliphatic heterocycles. The third-order valence-corrected chi connectivity index (χ3v) is 5.05. The summed E-state index contributed by atoms with van der Waals surface area (Å²) in [4.78, 5) is 12.5. The van der Waals surface area contributed by atoms with E-state index >= 15 is 0 Å². The number of aryl methyl sites for hydroxylation is 2. The Morgan fingerprint density at radius 2 is 1.71 bits per heavy atom. The molecule has 0 aliphatic rings. The van der Waals surface area contributed by atoms with Gasteiger partial charge in [0.05, 0.1) is 0 Å². The lowest BCUT2D eigenvalue weighted by atomic mass is 9.99. The van der Waals surface area contributed by atoms with Gasteiger partial charge in [0, 0.05) is 5.69 Å². The number of carbonyl (C=O) groups is 1. The molecule has 1 amide bonds. The Morgan fingerprint density at radius 1 is 1.04 bits per heavy atom. The Bertz CT molecular complexity index is 920. The summed E-state index contributed by atoms with van der Waals surface area (Å²) < 4.78 is 11.4. The average Bonchev–Trinajstić information content (AvgIpc) is 3.18. The fraction of sp³-hybridized carbons (Fsp3) is 0.292. The van der Waals surface area contributed by atoms with Crippen LogP contribution in [0.25, 0.3) is 0 Å². The van der Waals surface area contributed by atoms with Gasteiger partial charge in [0.25, 0.3) is 5.91 Å². The second kappa shape index (κ2) is 8.79. The molecule has 0 saturated heterocycles. The average molecular weight is 377 g/mol. The van der Waals surface area contributed by atoms with E-state index in [1.165, 1.54) is 5.56 Å². The van der Waals surface area contributed by atoms with Crippen LogP contribution < -0.4 is 10.1 Å². The molecule has 1 aromatic heterocycles. The molecule has 4 nitrogen and oxygen atoms in total. The molecule has 0 bridgehead atoms. The van der Waals surface area contributed by atoms with Crippen LogP contribution in [0.1, 0.15) is 59.2 Å². The maximum Gasteiger partial charge on any atom is 0.291 e. The zero-order valence-corrected chi connectivity index (χ0v) is 16.9. The number of para-hydroxylation sites is 1. The van der Waals surface area contributed by atoms with Gasteiger partial charge in [0.15, 0.2) is 5.76 Å². The summed E-state index contributed by atoms with van der Waals surface area (Å²) in [5.41, 5.74) is 4.16. The van der Waals surface area contributed by atoms with Gasteiger partial charge >= 0.3 is 0 Å². The molecule has 3 rings (SSSR count). The Labute approximate surface area is 166 Å². The molecule has 1 unspecified atom stereocenters. The van der Waals surface area contributed by atoms with Crippen LogP contribution in [0, 0.1) is 13.8 Å². The number of furan rings is 1. The van der Waals surface area contributed by atoms with E-state index in [1.807, 2.05) is 44.2 Å². The van der Waals surface area contributed by atoms with Crippen LogP contribution in [0.5, 0.6) is 5.75 Å². The molecule has 1 N–H and O–H groups in total. The van der Waals surface area contributed by atoms with E-state index in [-0.39, 0.29) is 18.3 Å². The highest BCUT2D eigenvalue weighted by Crippen LogP contribution is 2.23. The number of hydrogen-bond donors (Lipinski definition) is 1. The van der Waals surface area contributed by atoms with Crippen molar-refractivity contribution in [1.29, 1.82) is 0 Å². The lowest BCUT2D eigenvalue weighted by Gasteiger charge is -2.10. The Hall–Kier alpha value is -3.01. The Kier molecular flexibility index (Phi) is 6.19. The van der Waals surface area contributed by atoms with Gasteiger partial charge in [-0.15, -0.1) is 0 Å².